The Morgan fingerprint density at radius 3 is 2.87 bits per heavy atom. The lowest BCUT2D eigenvalue weighted by Gasteiger charge is -2.25. The first-order valence-corrected chi connectivity index (χ1v) is 7.77. The van der Waals surface area contributed by atoms with Crippen molar-refractivity contribution in [2.45, 2.75) is 32.2 Å². The molecular formula is C16H22N6O. The zero-order valence-corrected chi connectivity index (χ0v) is 14.0. The van der Waals surface area contributed by atoms with Crippen LogP contribution in [0.4, 0.5) is 5.95 Å². The van der Waals surface area contributed by atoms with Crippen LogP contribution in [0.15, 0.2) is 12.3 Å². The first-order chi connectivity index (χ1) is 10.9. The van der Waals surface area contributed by atoms with Crippen molar-refractivity contribution in [3.05, 3.63) is 34.9 Å². The molecule has 0 saturated carbocycles. The van der Waals surface area contributed by atoms with Crippen LogP contribution in [0.3, 0.4) is 0 Å². The number of fused-ring (bicyclic) bond motifs is 1. The van der Waals surface area contributed by atoms with Crippen LogP contribution < -0.4 is 10.2 Å². The van der Waals surface area contributed by atoms with Crippen molar-refractivity contribution in [3.63, 3.8) is 0 Å². The van der Waals surface area contributed by atoms with Crippen LogP contribution >= 0.6 is 0 Å². The number of nitrogens with one attached hydrogen (secondary N) is 1. The maximum absolute atomic E-state index is 12.4. The topological polar surface area (TPSA) is 75.9 Å². The second kappa shape index (κ2) is 5.98. The Bertz CT molecular complexity index is 736. The first kappa shape index (κ1) is 15.5. The lowest BCUT2D eigenvalue weighted by molar-refractivity contribution is 0.0924. The summed E-state index contributed by atoms with van der Waals surface area (Å²) in [5.41, 5.74) is 3.64. The Morgan fingerprint density at radius 1 is 1.43 bits per heavy atom. The monoisotopic (exact) mass is 314 g/mol. The molecule has 7 heteroatoms. The predicted octanol–water partition coefficient (Wildman–Crippen LogP) is 0.872. The van der Waals surface area contributed by atoms with Crippen LogP contribution in [0.25, 0.3) is 0 Å². The van der Waals surface area contributed by atoms with E-state index >= 15 is 0 Å². The maximum atomic E-state index is 12.4. The number of nitrogens with zero attached hydrogens (tertiary/aromatic N) is 5. The van der Waals surface area contributed by atoms with E-state index in [1.807, 2.05) is 32.1 Å². The minimum Gasteiger partial charge on any atom is -0.348 e. The maximum Gasteiger partial charge on any atom is 0.269 e. The molecule has 0 aromatic carbocycles. The molecule has 0 saturated heterocycles. The summed E-state index contributed by atoms with van der Waals surface area (Å²) in [4.78, 5) is 23.3. The van der Waals surface area contributed by atoms with Gasteiger partial charge in [0.05, 0.1) is 5.69 Å². The van der Waals surface area contributed by atoms with Crippen molar-refractivity contribution < 1.29 is 4.79 Å². The summed E-state index contributed by atoms with van der Waals surface area (Å²) in [5.74, 6) is 0.656. The molecule has 1 unspecified atom stereocenters. The van der Waals surface area contributed by atoms with Gasteiger partial charge in [0.15, 0.2) is 0 Å². The molecule has 0 aliphatic heterocycles. The van der Waals surface area contributed by atoms with Gasteiger partial charge in [-0.05, 0) is 37.8 Å². The number of rotatable bonds is 3. The van der Waals surface area contributed by atoms with E-state index in [4.69, 9.17) is 0 Å². The molecule has 0 bridgehead atoms. The van der Waals surface area contributed by atoms with E-state index in [0.29, 0.717) is 5.69 Å². The Hall–Kier alpha value is -2.44. The molecule has 1 aliphatic carbocycles. The van der Waals surface area contributed by atoms with Gasteiger partial charge in [-0.25, -0.2) is 9.97 Å². The van der Waals surface area contributed by atoms with Gasteiger partial charge < -0.3 is 10.2 Å². The number of aryl methyl sites for hydroxylation is 3. The highest BCUT2D eigenvalue weighted by atomic mass is 16.2. The number of carbonyl (C=O) groups is 1. The van der Waals surface area contributed by atoms with Crippen molar-refractivity contribution in [2.75, 3.05) is 19.0 Å². The number of hydrogen-bond acceptors (Lipinski definition) is 5. The van der Waals surface area contributed by atoms with Crippen LogP contribution in [0.5, 0.6) is 0 Å². The molecule has 2 aromatic rings. The second-order valence-corrected chi connectivity index (χ2v) is 6.24. The molecule has 0 fully saturated rings. The van der Waals surface area contributed by atoms with Gasteiger partial charge in [-0.3, -0.25) is 9.48 Å². The molecule has 23 heavy (non-hydrogen) atoms. The van der Waals surface area contributed by atoms with Crippen LogP contribution in [0, 0.1) is 6.92 Å². The number of anilines is 1. The smallest absolute Gasteiger partial charge is 0.269 e. The van der Waals surface area contributed by atoms with E-state index < -0.39 is 0 Å². The summed E-state index contributed by atoms with van der Waals surface area (Å²) in [6, 6.07) is 1.91. The normalized spacial score (nSPS) is 16.8. The van der Waals surface area contributed by atoms with Gasteiger partial charge in [-0.1, -0.05) is 0 Å². The molecule has 2 aromatic heterocycles. The van der Waals surface area contributed by atoms with E-state index in [0.717, 1.165) is 42.2 Å². The third kappa shape index (κ3) is 3.18. The summed E-state index contributed by atoms with van der Waals surface area (Å²) in [6.45, 7) is 1.88. The van der Waals surface area contributed by atoms with E-state index in [1.165, 1.54) is 0 Å². The predicted molar refractivity (Wildman–Crippen MR) is 87.6 cm³/mol. The lowest BCUT2D eigenvalue weighted by atomic mass is 9.93. The average Bonchev–Trinajstić information content (AvgIpc) is 2.85. The first-order valence-electron chi connectivity index (χ1n) is 7.77. The summed E-state index contributed by atoms with van der Waals surface area (Å²) in [7, 11) is 5.65. The van der Waals surface area contributed by atoms with Gasteiger partial charge in [0, 0.05) is 39.1 Å². The van der Waals surface area contributed by atoms with Crippen LogP contribution in [0.2, 0.25) is 0 Å². The minimum absolute atomic E-state index is 0.0765. The van der Waals surface area contributed by atoms with Crippen molar-refractivity contribution in [3.8, 4) is 0 Å². The molecule has 0 spiro atoms. The third-order valence-corrected chi connectivity index (χ3v) is 4.11. The van der Waals surface area contributed by atoms with Gasteiger partial charge in [-0.15, -0.1) is 0 Å². The molecule has 1 amide bonds. The quantitative estimate of drug-likeness (QED) is 0.910. The number of aromatic nitrogens is 4. The summed E-state index contributed by atoms with van der Waals surface area (Å²) in [5, 5.41) is 7.32. The van der Waals surface area contributed by atoms with Gasteiger partial charge >= 0.3 is 0 Å². The molecular weight excluding hydrogens is 292 g/mol. The largest absolute Gasteiger partial charge is 0.348 e. The number of hydrogen-bond donors (Lipinski definition) is 1. The van der Waals surface area contributed by atoms with Crippen LogP contribution in [-0.4, -0.2) is 45.8 Å². The summed E-state index contributed by atoms with van der Waals surface area (Å²) in [6.07, 6.45) is 4.39. The van der Waals surface area contributed by atoms with Crippen LogP contribution in [0.1, 0.15) is 33.9 Å². The molecule has 3 rings (SSSR count). The molecule has 2 heterocycles. The zero-order chi connectivity index (χ0) is 16.6. The molecule has 7 nitrogen and oxygen atoms in total. The highest BCUT2D eigenvalue weighted by Gasteiger charge is 2.23. The fourth-order valence-corrected chi connectivity index (χ4v) is 2.92. The molecule has 122 valence electrons. The lowest BCUT2D eigenvalue weighted by Crippen LogP contribution is -2.40. The summed E-state index contributed by atoms with van der Waals surface area (Å²) >= 11 is 0. The summed E-state index contributed by atoms with van der Waals surface area (Å²) < 4.78 is 1.62. The fourth-order valence-electron chi connectivity index (χ4n) is 2.92. The van der Waals surface area contributed by atoms with Crippen LogP contribution in [-0.2, 0) is 19.9 Å². The van der Waals surface area contributed by atoms with Crippen molar-refractivity contribution in [1.82, 2.24) is 25.1 Å². The van der Waals surface area contributed by atoms with Gasteiger partial charge in [0.1, 0.15) is 5.69 Å². The average molecular weight is 314 g/mol. The highest BCUT2D eigenvalue weighted by molar-refractivity contribution is 5.92. The molecule has 1 atom stereocenters. The Morgan fingerprint density at radius 2 is 2.22 bits per heavy atom. The number of carbonyl (C=O) groups excluding carboxylic acids is 1. The number of amides is 1. The van der Waals surface area contributed by atoms with E-state index in [-0.39, 0.29) is 11.9 Å². The highest BCUT2D eigenvalue weighted by Crippen LogP contribution is 2.21. The fraction of sp³-hybridized carbons (Fsp3) is 0.500. The van der Waals surface area contributed by atoms with Gasteiger partial charge in [-0.2, -0.15) is 5.10 Å². The van der Waals surface area contributed by atoms with Crippen molar-refractivity contribution in [1.29, 1.82) is 0 Å². The zero-order valence-electron chi connectivity index (χ0n) is 14.0. The standard InChI is InChI=1S/C16H22N6O/c1-10-7-14(22(4)20-10)15(23)18-12-5-6-13-11(8-12)9-17-16(19-13)21(2)3/h7,9,12H,5-6,8H2,1-4H3,(H,18,23). The third-order valence-electron chi connectivity index (χ3n) is 4.11. The van der Waals surface area contributed by atoms with E-state index in [1.54, 1.807) is 17.8 Å². The van der Waals surface area contributed by atoms with Crippen molar-refractivity contribution >= 4 is 11.9 Å². The SMILES string of the molecule is Cc1cc(C(=O)NC2CCc3nc(N(C)C)ncc3C2)n(C)n1. The molecule has 0 radical (unpaired) electrons. The van der Waals surface area contributed by atoms with E-state index in [9.17, 15) is 4.79 Å². The van der Waals surface area contributed by atoms with Gasteiger partial charge in [0.25, 0.3) is 5.91 Å². The van der Waals surface area contributed by atoms with Crippen molar-refractivity contribution in [2.24, 2.45) is 7.05 Å². The Balaban J connectivity index is 1.70. The Labute approximate surface area is 135 Å². The van der Waals surface area contributed by atoms with E-state index in [2.05, 4.69) is 20.4 Å². The minimum atomic E-state index is -0.0765. The van der Waals surface area contributed by atoms with Gasteiger partial charge in [0.2, 0.25) is 5.95 Å². The second-order valence-electron chi connectivity index (χ2n) is 6.24. The Kier molecular flexibility index (Phi) is 4.02. The molecule has 1 N–H and O–H groups in total. The molecule has 1 aliphatic rings.